The van der Waals surface area contributed by atoms with Crippen LogP contribution in [0.15, 0.2) is 89.2 Å². The van der Waals surface area contributed by atoms with Crippen LogP contribution in [0.5, 0.6) is 5.75 Å². The topological polar surface area (TPSA) is 98.9 Å². The molecule has 1 N–H and O–H groups in total. The maximum atomic E-state index is 11.4. The Bertz CT molecular complexity index is 1230. The summed E-state index contributed by atoms with van der Waals surface area (Å²) in [5.74, 6) is 0.154. The molecule has 4 rings (SSSR count). The fourth-order valence-corrected chi connectivity index (χ4v) is 4.26. The number of carboxylic acid groups (broad SMARTS) is 1. The van der Waals surface area contributed by atoms with Gasteiger partial charge in [0.15, 0.2) is 0 Å². The zero-order valence-electron chi connectivity index (χ0n) is 22.1. The molecule has 39 heavy (non-hydrogen) atoms. The molecule has 0 unspecified atom stereocenters. The minimum absolute atomic E-state index is 0.0625. The zero-order chi connectivity index (χ0) is 27.3. The summed E-state index contributed by atoms with van der Waals surface area (Å²) < 4.78 is 11.8. The molecule has 0 bridgehead atoms. The molecule has 3 aromatic rings. The van der Waals surface area contributed by atoms with E-state index < -0.39 is 5.97 Å². The highest BCUT2D eigenvalue weighted by Gasteiger charge is 2.16. The normalized spacial score (nSPS) is 14.5. The number of hydrogen-bond donors (Lipinski definition) is 1. The van der Waals surface area contributed by atoms with E-state index in [-0.39, 0.29) is 12.5 Å². The molecular formula is C31H34N2O6. The summed E-state index contributed by atoms with van der Waals surface area (Å²) in [7, 11) is 1.49. The lowest BCUT2D eigenvalue weighted by molar-refractivity contribution is -0.135. The van der Waals surface area contributed by atoms with Gasteiger partial charge in [0.25, 0.3) is 5.90 Å². The number of oxime groups is 2. The predicted octanol–water partition coefficient (Wildman–Crippen LogP) is 6.32. The molecule has 3 aromatic carbocycles. The highest BCUT2D eigenvalue weighted by molar-refractivity contribution is 6.08. The molecule has 0 saturated heterocycles. The van der Waals surface area contributed by atoms with Crippen molar-refractivity contribution in [2.45, 2.75) is 57.8 Å². The van der Waals surface area contributed by atoms with Crippen molar-refractivity contribution in [2.24, 2.45) is 10.3 Å². The number of benzene rings is 3. The van der Waals surface area contributed by atoms with Crippen molar-refractivity contribution in [3.63, 3.8) is 0 Å². The van der Waals surface area contributed by atoms with Crippen LogP contribution in [0.2, 0.25) is 0 Å². The number of rotatable bonds is 12. The first-order valence-electron chi connectivity index (χ1n) is 13.2. The van der Waals surface area contributed by atoms with Crippen molar-refractivity contribution in [1.29, 1.82) is 0 Å². The Kier molecular flexibility index (Phi) is 10.3. The molecule has 8 heteroatoms. The molecular weight excluding hydrogens is 496 g/mol. The van der Waals surface area contributed by atoms with Crippen LogP contribution in [0.25, 0.3) is 0 Å². The molecule has 1 saturated carbocycles. The molecule has 0 aromatic heterocycles. The number of hydrogen-bond acceptors (Lipinski definition) is 7. The van der Waals surface area contributed by atoms with Gasteiger partial charge in [0.05, 0.1) is 12.1 Å². The molecule has 1 fully saturated rings. The van der Waals surface area contributed by atoms with Crippen LogP contribution in [-0.2, 0) is 32.4 Å². The molecule has 0 atom stereocenters. The molecule has 0 spiro atoms. The Hall–Kier alpha value is -4.33. The summed E-state index contributed by atoms with van der Waals surface area (Å²) in [6.07, 6.45) is 5.24. The summed E-state index contributed by atoms with van der Waals surface area (Å²) >= 11 is 0. The van der Waals surface area contributed by atoms with Crippen molar-refractivity contribution in [2.75, 3.05) is 7.11 Å². The Morgan fingerprint density at radius 3 is 2.13 bits per heavy atom. The Morgan fingerprint density at radius 2 is 1.49 bits per heavy atom. The van der Waals surface area contributed by atoms with Gasteiger partial charge in [-0.25, -0.2) is 0 Å². The molecule has 0 aliphatic heterocycles. The van der Waals surface area contributed by atoms with E-state index in [0.29, 0.717) is 36.1 Å². The minimum atomic E-state index is -0.947. The van der Waals surface area contributed by atoms with E-state index in [9.17, 15) is 9.90 Å². The quantitative estimate of drug-likeness (QED) is 0.167. The van der Waals surface area contributed by atoms with Crippen LogP contribution in [0.3, 0.4) is 0 Å². The summed E-state index contributed by atoms with van der Waals surface area (Å²) in [4.78, 5) is 22.0. The maximum absolute atomic E-state index is 11.4. The number of nitrogens with zero attached hydrogens (tertiary/aromatic N) is 2. The third kappa shape index (κ3) is 8.88. The van der Waals surface area contributed by atoms with E-state index in [4.69, 9.17) is 19.1 Å². The first kappa shape index (κ1) is 27.7. The van der Waals surface area contributed by atoms with Gasteiger partial charge in [0, 0.05) is 11.1 Å². The van der Waals surface area contributed by atoms with Crippen molar-refractivity contribution < 1.29 is 29.0 Å². The van der Waals surface area contributed by atoms with Gasteiger partial charge in [-0.3, -0.25) is 4.79 Å². The zero-order valence-corrected chi connectivity index (χ0v) is 22.1. The second-order valence-electron chi connectivity index (χ2n) is 9.34. The fourth-order valence-electron chi connectivity index (χ4n) is 4.26. The second-order valence-corrected chi connectivity index (χ2v) is 9.34. The van der Waals surface area contributed by atoms with Gasteiger partial charge in [0.1, 0.15) is 32.2 Å². The van der Waals surface area contributed by atoms with E-state index in [1.54, 1.807) is 0 Å². The number of carboxylic acids is 1. The lowest BCUT2D eigenvalue weighted by Gasteiger charge is -2.19. The molecule has 0 heterocycles. The average Bonchev–Trinajstić information content (AvgIpc) is 2.98. The minimum Gasteiger partial charge on any atom is -0.489 e. The smallest absolute Gasteiger partial charge is 0.309 e. The molecule has 204 valence electrons. The number of ether oxygens (including phenoxy) is 2. The molecule has 1 aliphatic carbocycles. The summed E-state index contributed by atoms with van der Waals surface area (Å²) in [6, 6.07) is 24.8. The van der Waals surface area contributed by atoms with Crippen LogP contribution in [-0.4, -0.2) is 35.9 Å². The Balaban J connectivity index is 1.30. The standard InChI is InChI=1S/C31H34N2O6/c1-36-33-31(26-8-4-2-5-9-26)38-22-24-14-12-23(13-15-24)21-37-27-18-16-25(17-19-27)29(20-30(34)35)32-39-28-10-6-3-7-11-28/h2,4-5,8-9,12-19,28H,3,6-7,10-11,20-22H2,1H3,(H,34,35)/b32-29-,33-31-. The third-order valence-electron chi connectivity index (χ3n) is 6.37. The SMILES string of the molecule is CO/N=C(\OCc1ccc(COc2ccc(/C(CC(=O)O)=N\OC3CCCCC3)cc2)cc1)c1ccccc1. The van der Waals surface area contributed by atoms with Crippen molar-refractivity contribution in [1.82, 2.24) is 0 Å². The van der Waals surface area contributed by atoms with Gasteiger partial charge in [-0.15, -0.1) is 0 Å². The Labute approximate surface area is 228 Å². The largest absolute Gasteiger partial charge is 0.489 e. The van der Waals surface area contributed by atoms with E-state index in [1.165, 1.54) is 13.5 Å². The van der Waals surface area contributed by atoms with E-state index in [2.05, 4.69) is 10.3 Å². The van der Waals surface area contributed by atoms with Gasteiger partial charge in [0.2, 0.25) is 0 Å². The Morgan fingerprint density at radius 1 is 0.821 bits per heavy atom. The van der Waals surface area contributed by atoms with E-state index in [0.717, 1.165) is 42.4 Å². The first-order valence-corrected chi connectivity index (χ1v) is 13.2. The highest BCUT2D eigenvalue weighted by Crippen LogP contribution is 2.22. The predicted molar refractivity (Wildman–Crippen MR) is 149 cm³/mol. The van der Waals surface area contributed by atoms with Gasteiger partial charge >= 0.3 is 5.97 Å². The van der Waals surface area contributed by atoms with Crippen molar-refractivity contribution in [3.05, 3.63) is 101 Å². The van der Waals surface area contributed by atoms with E-state index in [1.807, 2.05) is 78.9 Å². The third-order valence-corrected chi connectivity index (χ3v) is 6.37. The van der Waals surface area contributed by atoms with Gasteiger partial charge < -0.3 is 24.3 Å². The van der Waals surface area contributed by atoms with Crippen LogP contribution < -0.4 is 4.74 Å². The highest BCUT2D eigenvalue weighted by atomic mass is 16.6. The monoisotopic (exact) mass is 530 g/mol. The molecule has 1 aliphatic rings. The summed E-state index contributed by atoms with van der Waals surface area (Å²) in [6.45, 7) is 0.742. The van der Waals surface area contributed by atoms with Crippen LogP contribution in [0.1, 0.15) is 60.8 Å². The second kappa shape index (κ2) is 14.6. The fraction of sp³-hybridized carbons (Fsp3) is 0.323. The van der Waals surface area contributed by atoms with E-state index >= 15 is 0 Å². The summed E-state index contributed by atoms with van der Waals surface area (Å²) in [5, 5.41) is 17.5. The van der Waals surface area contributed by atoms with Crippen LogP contribution in [0, 0.1) is 0 Å². The van der Waals surface area contributed by atoms with Crippen molar-refractivity contribution in [3.8, 4) is 5.75 Å². The number of carbonyl (C=O) groups is 1. The lowest BCUT2D eigenvalue weighted by atomic mass is 9.98. The van der Waals surface area contributed by atoms with Gasteiger partial charge in [-0.1, -0.05) is 54.0 Å². The lowest BCUT2D eigenvalue weighted by Crippen LogP contribution is -2.16. The summed E-state index contributed by atoms with van der Waals surface area (Å²) in [5.41, 5.74) is 3.95. The van der Waals surface area contributed by atoms with Crippen LogP contribution in [0.4, 0.5) is 0 Å². The van der Waals surface area contributed by atoms with Crippen LogP contribution >= 0.6 is 0 Å². The average molecular weight is 531 g/mol. The van der Waals surface area contributed by atoms with Crippen molar-refractivity contribution >= 4 is 17.6 Å². The first-order chi connectivity index (χ1) is 19.1. The molecule has 8 nitrogen and oxygen atoms in total. The molecule has 0 radical (unpaired) electrons. The van der Waals surface area contributed by atoms with Gasteiger partial charge in [-0.2, -0.15) is 0 Å². The number of aliphatic carboxylic acids is 1. The molecule has 0 amide bonds. The maximum Gasteiger partial charge on any atom is 0.309 e. The van der Waals surface area contributed by atoms with Gasteiger partial charge in [-0.05, 0) is 78.4 Å².